The van der Waals surface area contributed by atoms with E-state index in [1.54, 1.807) is 13.3 Å². The van der Waals surface area contributed by atoms with E-state index in [-0.39, 0.29) is 0 Å². The molecular formula is C13H14ClN3O. The molecule has 0 aliphatic heterocycles. The molecule has 0 amide bonds. The van der Waals surface area contributed by atoms with E-state index in [2.05, 4.69) is 10.3 Å². The van der Waals surface area contributed by atoms with E-state index in [0.29, 0.717) is 16.8 Å². The number of anilines is 1. The molecule has 0 unspecified atom stereocenters. The van der Waals surface area contributed by atoms with Gasteiger partial charge in [0.1, 0.15) is 5.75 Å². The van der Waals surface area contributed by atoms with E-state index in [4.69, 9.17) is 16.3 Å². The average molecular weight is 264 g/mol. The number of halogens is 1. The molecule has 3 rings (SSSR count). The summed E-state index contributed by atoms with van der Waals surface area (Å²) in [5, 5.41) is 4.00. The fourth-order valence-corrected chi connectivity index (χ4v) is 2.02. The van der Waals surface area contributed by atoms with Crippen molar-refractivity contribution in [2.24, 2.45) is 0 Å². The lowest BCUT2D eigenvalue weighted by Crippen LogP contribution is -2.07. The molecule has 0 radical (unpaired) electrons. The van der Waals surface area contributed by atoms with Crippen molar-refractivity contribution in [2.45, 2.75) is 18.9 Å². The van der Waals surface area contributed by atoms with Gasteiger partial charge in [-0.25, -0.2) is 4.98 Å². The molecule has 1 saturated carbocycles. The second-order valence-corrected chi connectivity index (χ2v) is 4.77. The highest BCUT2D eigenvalue weighted by atomic mass is 35.5. The Labute approximate surface area is 111 Å². The van der Waals surface area contributed by atoms with E-state index in [9.17, 15) is 0 Å². The predicted octanol–water partition coefficient (Wildman–Crippen LogP) is 3.11. The third-order valence-corrected chi connectivity index (χ3v) is 3.28. The molecule has 1 aromatic carbocycles. The van der Waals surface area contributed by atoms with Crippen LogP contribution in [0.1, 0.15) is 12.8 Å². The number of hydrogen-bond acceptors (Lipinski definition) is 3. The van der Waals surface area contributed by atoms with Gasteiger partial charge in [-0.2, -0.15) is 0 Å². The first-order valence-corrected chi connectivity index (χ1v) is 6.29. The van der Waals surface area contributed by atoms with Crippen molar-refractivity contribution in [2.75, 3.05) is 12.4 Å². The Morgan fingerprint density at radius 3 is 3.00 bits per heavy atom. The average Bonchev–Trinajstić information content (AvgIpc) is 3.07. The van der Waals surface area contributed by atoms with Crippen molar-refractivity contribution in [3.8, 4) is 11.4 Å². The van der Waals surface area contributed by atoms with E-state index in [1.807, 2.05) is 29.0 Å². The second-order valence-electron chi connectivity index (χ2n) is 4.36. The van der Waals surface area contributed by atoms with Crippen LogP contribution in [0.3, 0.4) is 0 Å². The Morgan fingerprint density at radius 2 is 2.28 bits per heavy atom. The highest BCUT2D eigenvalue weighted by Gasteiger charge is 2.22. The van der Waals surface area contributed by atoms with Crippen LogP contribution in [0.25, 0.3) is 5.69 Å². The van der Waals surface area contributed by atoms with E-state index >= 15 is 0 Å². The summed E-state index contributed by atoms with van der Waals surface area (Å²) in [6.07, 6.45) is 6.15. The van der Waals surface area contributed by atoms with Gasteiger partial charge in [0.05, 0.1) is 17.8 Å². The maximum atomic E-state index is 6.03. The van der Waals surface area contributed by atoms with Crippen molar-refractivity contribution in [1.29, 1.82) is 0 Å². The summed E-state index contributed by atoms with van der Waals surface area (Å²) < 4.78 is 7.23. The molecule has 0 bridgehead atoms. The molecule has 1 fully saturated rings. The number of nitrogens with one attached hydrogen (secondary N) is 1. The Kier molecular flexibility index (Phi) is 2.88. The summed E-state index contributed by atoms with van der Waals surface area (Å²) in [4.78, 5) is 4.33. The number of ether oxygens (including phenoxy) is 1. The molecule has 5 heteroatoms. The summed E-state index contributed by atoms with van der Waals surface area (Å²) in [6, 6.07) is 6.25. The van der Waals surface area contributed by atoms with Crippen molar-refractivity contribution in [3.05, 3.63) is 35.6 Å². The molecule has 94 valence electrons. The lowest BCUT2D eigenvalue weighted by atomic mass is 10.3. The molecule has 1 N–H and O–H groups in total. The van der Waals surface area contributed by atoms with Crippen LogP contribution in [0.15, 0.2) is 30.6 Å². The number of rotatable bonds is 4. The van der Waals surface area contributed by atoms with Crippen LogP contribution >= 0.6 is 11.6 Å². The number of hydrogen-bond donors (Lipinski definition) is 1. The van der Waals surface area contributed by atoms with E-state index < -0.39 is 0 Å². The topological polar surface area (TPSA) is 39.1 Å². The molecule has 0 spiro atoms. The highest BCUT2D eigenvalue weighted by Crippen LogP contribution is 2.29. The summed E-state index contributed by atoms with van der Waals surface area (Å²) in [5.41, 5.74) is 0.983. The molecule has 4 nitrogen and oxygen atoms in total. The van der Waals surface area contributed by atoms with Crippen LogP contribution in [-0.4, -0.2) is 22.7 Å². The lowest BCUT2D eigenvalue weighted by molar-refractivity contribution is 0.415. The molecule has 1 aliphatic carbocycles. The minimum absolute atomic E-state index is 0.570. The van der Waals surface area contributed by atoms with Gasteiger partial charge in [0.2, 0.25) is 5.95 Å². The summed E-state index contributed by atoms with van der Waals surface area (Å²) >= 11 is 6.03. The van der Waals surface area contributed by atoms with Crippen molar-refractivity contribution in [1.82, 2.24) is 9.55 Å². The van der Waals surface area contributed by atoms with Crippen molar-refractivity contribution >= 4 is 17.5 Å². The Balaban J connectivity index is 1.95. The largest absolute Gasteiger partial charge is 0.495 e. The SMILES string of the molecule is COc1cc(-n2ccnc2NC2CC2)ccc1Cl. The fourth-order valence-electron chi connectivity index (χ4n) is 1.83. The van der Waals surface area contributed by atoms with E-state index in [1.165, 1.54) is 12.8 Å². The normalized spacial score (nSPS) is 14.6. The molecule has 1 heterocycles. The van der Waals surface area contributed by atoms with Gasteiger partial charge in [0, 0.05) is 24.5 Å². The summed E-state index contributed by atoms with van der Waals surface area (Å²) in [7, 11) is 1.61. The van der Waals surface area contributed by atoms with Crippen LogP contribution in [0.4, 0.5) is 5.95 Å². The van der Waals surface area contributed by atoms with Gasteiger partial charge in [-0.05, 0) is 25.0 Å². The van der Waals surface area contributed by atoms with Gasteiger partial charge in [-0.1, -0.05) is 11.6 Å². The van der Waals surface area contributed by atoms with Crippen LogP contribution < -0.4 is 10.1 Å². The Hall–Kier alpha value is -1.68. The second kappa shape index (κ2) is 4.53. The molecule has 0 atom stereocenters. The van der Waals surface area contributed by atoms with Crippen LogP contribution in [0, 0.1) is 0 Å². The number of nitrogens with zero attached hydrogens (tertiary/aromatic N) is 2. The zero-order chi connectivity index (χ0) is 12.5. The Morgan fingerprint density at radius 1 is 1.44 bits per heavy atom. The lowest BCUT2D eigenvalue weighted by Gasteiger charge is -2.11. The van der Waals surface area contributed by atoms with Crippen LogP contribution in [0.5, 0.6) is 5.75 Å². The number of benzene rings is 1. The minimum atomic E-state index is 0.570. The molecule has 1 aromatic heterocycles. The Bertz CT molecular complexity index is 563. The molecule has 2 aromatic rings. The first-order chi connectivity index (χ1) is 8.78. The maximum Gasteiger partial charge on any atom is 0.207 e. The van der Waals surface area contributed by atoms with Crippen molar-refractivity contribution < 1.29 is 4.74 Å². The highest BCUT2D eigenvalue weighted by molar-refractivity contribution is 6.32. The van der Waals surface area contributed by atoms with Gasteiger partial charge in [-0.3, -0.25) is 4.57 Å². The first-order valence-electron chi connectivity index (χ1n) is 5.92. The molecular weight excluding hydrogens is 250 g/mol. The summed E-state index contributed by atoms with van der Waals surface area (Å²) in [6.45, 7) is 0. The fraction of sp³-hybridized carbons (Fsp3) is 0.308. The van der Waals surface area contributed by atoms with Gasteiger partial charge in [0.15, 0.2) is 0 Å². The monoisotopic (exact) mass is 263 g/mol. The smallest absolute Gasteiger partial charge is 0.207 e. The number of methoxy groups -OCH3 is 1. The quantitative estimate of drug-likeness (QED) is 0.921. The zero-order valence-electron chi connectivity index (χ0n) is 10.1. The van der Waals surface area contributed by atoms with Crippen molar-refractivity contribution in [3.63, 3.8) is 0 Å². The zero-order valence-corrected chi connectivity index (χ0v) is 10.8. The molecule has 1 aliphatic rings. The van der Waals surface area contributed by atoms with Gasteiger partial charge < -0.3 is 10.1 Å². The molecule has 18 heavy (non-hydrogen) atoms. The summed E-state index contributed by atoms with van der Waals surface area (Å²) in [5.74, 6) is 1.53. The third-order valence-electron chi connectivity index (χ3n) is 2.96. The standard InChI is InChI=1S/C13H14ClN3O/c1-18-12-8-10(4-5-11(12)14)17-7-6-15-13(17)16-9-2-3-9/h4-9H,2-3H2,1H3,(H,15,16). The van der Waals surface area contributed by atoms with Gasteiger partial charge in [0.25, 0.3) is 0 Å². The third kappa shape index (κ3) is 2.16. The maximum absolute atomic E-state index is 6.03. The van der Waals surface area contributed by atoms with Crippen LogP contribution in [0.2, 0.25) is 5.02 Å². The number of imidazole rings is 1. The molecule has 0 saturated heterocycles. The van der Waals surface area contributed by atoms with E-state index in [0.717, 1.165) is 11.6 Å². The van der Waals surface area contributed by atoms with Gasteiger partial charge in [-0.15, -0.1) is 0 Å². The first kappa shape index (κ1) is 11.4. The van der Waals surface area contributed by atoms with Crippen LogP contribution in [-0.2, 0) is 0 Å². The predicted molar refractivity (Wildman–Crippen MR) is 71.8 cm³/mol. The minimum Gasteiger partial charge on any atom is -0.495 e. The number of aromatic nitrogens is 2. The van der Waals surface area contributed by atoms with Gasteiger partial charge >= 0.3 is 0 Å².